The number of phenols is 1. The highest BCUT2D eigenvalue weighted by Crippen LogP contribution is 2.26. The van der Waals surface area contributed by atoms with Crippen LogP contribution in [0.1, 0.15) is 17.5 Å². The van der Waals surface area contributed by atoms with Crippen LogP contribution in [0.4, 0.5) is 0 Å². The molecule has 8 heteroatoms. The number of methoxy groups -OCH3 is 1. The monoisotopic (exact) mass is 373 g/mol. The Morgan fingerprint density at radius 3 is 2.63 bits per heavy atom. The molecule has 2 aromatic carbocycles. The van der Waals surface area contributed by atoms with Crippen molar-refractivity contribution in [3.05, 3.63) is 69.8 Å². The first-order chi connectivity index (χ1) is 13.0. The second kappa shape index (κ2) is 9.81. The van der Waals surface area contributed by atoms with Gasteiger partial charge in [-0.15, -0.1) is 10.1 Å². The van der Waals surface area contributed by atoms with Gasteiger partial charge in [0, 0.05) is 6.08 Å². The normalized spacial score (nSPS) is 10.6. The number of aromatic hydroxyl groups is 1. The average Bonchev–Trinajstić information content (AvgIpc) is 2.65. The zero-order valence-electron chi connectivity index (χ0n) is 14.7. The summed E-state index contributed by atoms with van der Waals surface area (Å²) >= 11 is 0. The number of carbonyl (C=O) groups excluding carboxylic acids is 1. The third kappa shape index (κ3) is 6.69. The van der Waals surface area contributed by atoms with Gasteiger partial charge in [0.05, 0.1) is 13.7 Å². The molecule has 0 saturated heterocycles. The second-order valence-electron chi connectivity index (χ2n) is 5.49. The topological polar surface area (TPSA) is 108 Å². The van der Waals surface area contributed by atoms with Gasteiger partial charge < -0.3 is 19.4 Å². The average molecular weight is 373 g/mol. The summed E-state index contributed by atoms with van der Waals surface area (Å²) in [5.74, 6) is 0.166. The third-order valence-corrected chi connectivity index (χ3v) is 3.56. The van der Waals surface area contributed by atoms with Gasteiger partial charge in [0.1, 0.15) is 5.75 Å². The fraction of sp³-hybridized carbons (Fsp3) is 0.211. The number of ether oxygens (including phenoxy) is 2. The fourth-order valence-electron chi connectivity index (χ4n) is 2.25. The summed E-state index contributed by atoms with van der Waals surface area (Å²) in [7, 11) is 1.44. The van der Waals surface area contributed by atoms with Crippen LogP contribution < -0.4 is 9.47 Å². The molecular formula is C19H19NO7. The van der Waals surface area contributed by atoms with Crippen molar-refractivity contribution >= 4 is 12.0 Å². The first-order valence-electron chi connectivity index (χ1n) is 8.11. The molecule has 0 amide bonds. The largest absolute Gasteiger partial charge is 0.504 e. The fourth-order valence-corrected chi connectivity index (χ4v) is 2.25. The zero-order valence-corrected chi connectivity index (χ0v) is 14.7. The Labute approximate surface area is 155 Å². The van der Waals surface area contributed by atoms with Gasteiger partial charge in [0.15, 0.2) is 11.5 Å². The van der Waals surface area contributed by atoms with Crippen LogP contribution in [0.3, 0.4) is 0 Å². The molecule has 0 aliphatic carbocycles. The van der Waals surface area contributed by atoms with E-state index in [2.05, 4.69) is 4.84 Å². The lowest BCUT2D eigenvalue weighted by Crippen LogP contribution is -2.04. The van der Waals surface area contributed by atoms with Crippen molar-refractivity contribution in [1.29, 1.82) is 0 Å². The van der Waals surface area contributed by atoms with Crippen molar-refractivity contribution in [2.45, 2.75) is 12.8 Å². The minimum absolute atomic E-state index is 0.0160. The van der Waals surface area contributed by atoms with Crippen LogP contribution in [0.25, 0.3) is 6.08 Å². The number of hydrogen-bond donors (Lipinski definition) is 1. The van der Waals surface area contributed by atoms with E-state index >= 15 is 0 Å². The lowest BCUT2D eigenvalue weighted by molar-refractivity contribution is -0.757. The van der Waals surface area contributed by atoms with E-state index in [-0.39, 0.29) is 12.4 Å². The SMILES string of the molecule is COc1cc(C=CC(=O)Oc2ccc(CCCO[N+](=O)[O-])cc2)ccc1O. The lowest BCUT2D eigenvalue weighted by Gasteiger charge is -2.05. The summed E-state index contributed by atoms with van der Waals surface area (Å²) in [4.78, 5) is 26.2. The van der Waals surface area contributed by atoms with Gasteiger partial charge in [-0.1, -0.05) is 18.2 Å². The van der Waals surface area contributed by atoms with E-state index in [4.69, 9.17) is 9.47 Å². The van der Waals surface area contributed by atoms with E-state index in [1.54, 1.807) is 42.5 Å². The summed E-state index contributed by atoms with van der Waals surface area (Å²) in [5, 5.41) is 18.8. The summed E-state index contributed by atoms with van der Waals surface area (Å²) < 4.78 is 10.2. The van der Waals surface area contributed by atoms with E-state index in [0.29, 0.717) is 29.9 Å². The van der Waals surface area contributed by atoms with Crippen LogP contribution in [-0.2, 0) is 16.1 Å². The van der Waals surface area contributed by atoms with Crippen LogP contribution in [0.15, 0.2) is 48.5 Å². The molecule has 0 bridgehead atoms. The molecule has 0 atom stereocenters. The second-order valence-corrected chi connectivity index (χ2v) is 5.49. The van der Waals surface area contributed by atoms with E-state index in [1.165, 1.54) is 19.3 Å². The predicted molar refractivity (Wildman–Crippen MR) is 97.0 cm³/mol. The number of benzene rings is 2. The zero-order chi connectivity index (χ0) is 19.6. The van der Waals surface area contributed by atoms with Crippen molar-refractivity contribution in [1.82, 2.24) is 0 Å². The molecule has 1 N–H and O–H groups in total. The minimum Gasteiger partial charge on any atom is -0.504 e. The van der Waals surface area contributed by atoms with E-state index in [9.17, 15) is 20.0 Å². The van der Waals surface area contributed by atoms with E-state index < -0.39 is 11.1 Å². The van der Waals surface area contributed by atoms with Crippen molar-refractivity contribution in [3.63, 3.8) is 0 Å². The Kier molecular flexibility index (Phi) is 7.18. The van der Waals surface area contributed by atoms with Gasteiger partial charge >= 0.3 is 5.97 Å². The molecule has 8 nitrogen and oxygen atoms in total. The lowest BCUT2D eigenvalue weighted by atomic mass is 10.1. The summed E-state index contributed by atoms with van der Waals surface area (Å²) in [6, 6.07) is 11.6. The summed E-state index contributed by atoms with van der Waals surface area (Å²) in [5.41, 5.74) is 1.63. The quantitative estimate of drug-likeness (QED) is 0.180. The maximum Gasteiger partial charge on any atom is 0.336 e. The Balaban J connectivity index is 1.85. The van der Waals surface area contributed by atoms with Gasteiger partial charge in [-0.05, 0) is 54.3 Å². The van der Waals surface area contributed by atoms with E-state index in [0.717, 1.165) is 5.56 Å². The number of hydrogen-bond acceptors (Lipinski definition) is 7. The number of rotatable bonds is 9. The Morgan fingerprint density at radius 2 is 1.96 bits per heavy atom. The van der Waals surface area contributed by atoms with Crippen LogP contribution in [0, 0.1) is 10.1 Å². The molecule has 0 radical (unpaired) electrons. The van der Waals surface area contributed by atoms with Crippen LogP contribution in [-0.4, -0.2) is 29.9 Å². The summed E-state index contributed by atoms with van der Waals surface area (Å²) in [6.45, 7) is 0.0383. The van der Waals surface area contributed by atoms with E-state index in [1.807, 2.05) is 0 Å². The number of esters is 1. The smallest absolute Gasteiger partial charge is 0.336 e. The van der Waals surface area contributed by atoms with Gasteiger partial charge in [0.2, 0.25) is 0 Å². The molecule has 0 unspecified atom stereocenters. The molecular weight excluding hydrogens is 354 g/mol. The number of carbonyl (C=O) groups is 1. The molecule has 0 aromatic heterocycles. The molecule has 0 saturated carbocycles. The van der Waals surface area contributed by atoms with Crippen LogP contribution in [0.5, 0.6) is 17.2 Å². The number of nitrogens with zero attached hydrogens (tertiary/aromatic N) is 1. The first kappa shape index (κ1) is 19.8. The van der Waals surface area contributed by atoms with Crippen molar-refractivity contribution in [3.8, 4) is 17.2 Å². The third-order valence-electron chi connectivity index (χ3n) is 3.56. The predicted octanol–water partition coefficient (Wildman–Crippen LogP) is 3.16. The van der Waals surface area contributed by atoms with Gasteiger partial charge in [0.25, 0.3) is 5.09 Å². The van der Waals surface area contributed by atoms with Crippen molar-refractivity contribution < 1.29 is 29.3 Å². The van der Waals surface area contributed by atoms with Gasteiger partial charge in [-0.25, -0.2) is 4.79 Å². The molecule has 0 aliphatic rings. The molecule has 2 aromatic rings. The maximum atomic E-state index is 11.9. The molecule has 27 heavy (non-hydrogen) atoms. The standard InChI is InChI=1S/C19H19NO7/c1-25-18-13-15(6-10-17(18)21)7-11-19(22)27-16-8-4-14(5-9-16)3-2-12-26-20(23)24/h4-11,13,21H,2-3,12H2,1H3. The molecule has 0 fully saturated rings. The summed E-state index contributed by atoms with van der Waals surface area (Å²) in [6.07, 6.45) is 3.95. The maximum absolute atomic E-state index is 11.9. The first-order valence-corrected chi connectivity index (χ1v) is 8.11. The Morgan fingerprint density at radius 1 is 1.22 bits per heavy atom. The number of aryl methyl sites for hydroxylation is 1. The van der Waals surface area contributed by atoms with Crippen LogP contribution in [0.2, 0.25) is 0 Å². The highest BCUT2D eigenvalue weighted by atomic mass is 16.9. The minimum atomic E-state index is -0.815. The number of phenolic OH excluding ortho intramolecular Hbond substituents is 1. The van der Waals surface area contributed by atoms with Crippen molar-refractivity contribution in [2.75, 3.05) is 13.7 Å². The van der Waals surface area contributed by atoms with Crippen molar-refractivity contribution in [2.24, 2.45) is 0 Å². The molecule has 0 aliphatic heterocycles. The highest BCUT2D eigenvalue weighted by Gasteiger charge is 2.04. The molecule has 142 valence electrons. The van der Waals surface area contributed by atoms with Gasteiger partial charge in [-0.2, -0.15) is 0 Å². The van der Waals surface area contributed by atoms with Crippen LogP contribution >= 0.6 is 0 Å². The van der Waals surface area contributed by atoms with Gasteiger partial charge in [-0.3, -0.25) is 0 Å². The molecule has 2 rings (SSSR count). The Hall–Kier alpha value is -3.55. The highest BCUT2D eigenvalue weighted by molar-refractivity contribution is 5.88. The molecule has 0 spiro atoms. The Bertz CT molecular complexity index is 815. The molecule has 0 heterocycles.